The number of hydrogen-bond donors (Lipinski definition) is 1. The van der Waals surface area contributed by atoms with E-state index in [1.807, 2.05) is 12.1 Å². The Labute approximate surface area is 148 Å². The van der Waals surface area contributed by atoms with Gasteiger partial charge in [0, 0.05) is 20.0 Å². The highest BCUT2D eigenvalue weighted by atomic mass is 16.2. The Hall–Kier alpha value is -2.37. The van der Waals surface area contributed by atoms with E-state index < -0.39 is 0 Å². The van der Waals surface area contributed by atoms with Gasteiger partial charge in [0.2, 0.25) is 11.8 Å². The van der Waals surface area contributed by atoms with E-state index in [2.05, 4.69) is 17.4 Å². The first-order chi connectivity index (χ1) is 12.1. The normalized spacial score (nSPS) is 20.4. The number of nitrogens with one attached hydrogen (secondary N) is 1. The molecule has 0 unspecified atom stereocenters. The average molecular weight is 343 g/mol. The molecule has 0 aromatic heterocycles. The van der Waals surface area contributed by atoms with Crippen LogP contribution in [0.3, 0.4) is 0 Å². The molecule has 0 saturated carbocycles. The van der Waals surface area contributed by atoms with Crippen LogP contribution in [0.1, 0.15) is 49.3 Å². The summed E-state index contributed by atoms with van der Waals surface area (Å²) in [4.78, 5) is 38.5. The van der Waals surface area contributed by atoms with Gasteiger partial charge in [-0.05, 0) is 36.8 Å². The van der Waals surface area contributed by atoms with Crippen LogP contribution in [0.4, 0.5) is 4.79 Å². The van der Waals surface area contributed by atoms with Gasteiger partial charge in [-0.15, -0.1) is 0 Å². The van der Waals surface area contributed by atoms with Gasteiger partial charge in [-0.2, -0.15) is 0 Å². The van der Waals surface area contributed by atoms with E-state index in [0.717, 1.165) is 25.7 Å². The minimum absolute atomic E-state index is 0.0193. The summed E-state index contributed by atoms with van der Waals surface area (Å²) in [5.74, 6) is -0.209. The molecule has 1 saturated heterocycles. The van der Waals surface area contributed by atoms with Gasteiger partial charge in [0.05, 0.1) is 6.04 Å². The van der Waals surface area contributed by atoms with E-state index in [0.29, 0.717) is 19.4 Å². The van der Waals surface area contributed by atoms with Gasteiger partial charge in [0.1, 0.15) is 6.54 Å². The Morgan fingerprint density at radius 1 is 1.24 bits per heavy atom. The molecule has 1 aliphatic heterocycles. The second kappa shape index (κ2) is 7.68. The van der Waals surface area contributed by atoms with Crippen LogP contribution in [0.25, 0.3) is 0 Å². The lowest BCUT2D eigenvalue weighted by molar-refractivity contribution is -0.126. The molecule has 1 heterocycles. The number of fused-ring (bicyclic) bond motifs is 1. The van der Waals surface area contributed by atoms with Gasteiger partial charge in [-0.1, -0.05) is 30.7 Å². The molecule has 4 amide bonds. The smallest absolute Gasteiger partial charge is 0.326 e. The summed E-state index contributed by atoms with van der Waals surface area (Å²) in [6, 6.07) is 8.09. The number of imide groups is 1. The molecular weight excluding hydrogens is 318 g/mol. The van der Waals surface area contributed by atoms with Crippen LogP contribution in [-0.4, -0.2) is 47.8 Å². The van der Waals surface area contributed by atoms with Crippen LogP contribution in [0.5, 0.6) is 0 Å². The Morgan fingerprint density at radius 3 is 2.80 bits per heavy atom. The molecule has 0 bridgehead atoms. The molecule has 1 atom stereocenters. The molecule has 1 aromatic rings. The fourth-order valence-electron chi connectivity index (χ4n) is 3.62. The van der Waals surface area contributed by atoms with Crippen molar-refractivity contribution in [3.05, 3.63) is 35.4 Å². The molecule has 3 rings (SSSR count). The first-order valence-electron chi connectivity index (χ1n) is 8.99. The van der Waals surface area contributed by atoms with Gasteiger partial charge in [-0.25, -0.2) is 4.79 Å². The number of nitrogens with zero attached hydrogens (tertiary/aromatic N) is 2. The maximum atomic E-state index is 12.3. The van der Waals surface area contributed by atoms with Crippen LogP contribution in [0.15, 0.2) is 24.3 Å². The van der Waals surface area contributed by atoms with Gasteiger partial charge in [0.25, 0.3) is 0 Å². The summed E-state index contributed by atoms with van der Waals surface area (Å²) < 4.78 is 0. The van der Waals surface area contributed by atoms with E-state index in [4.69, 9.17) is 0 Å². The molecule has 1 N–H and O–H groups in total. The molecule has 0 spiro atoms. The fraction of sp³-hybridized carbons (Fsp3) is 0.526. The molecular formula is C19H25N3O3. The third kappa shape index (κ3) is 4.00. The van der Waals surface area contributed by atoms with E-state index in [9.17, 15) is 14.4 Å². The number of aryl methyl sites for hydroxylation is 1. The summed E-state index contributed by atoms with van der Waals surface area (Å²) in [6.45, 7) is 0.431. The molecule has 25 heavy (non-hydrogen) atoms. The Bertz CT molecular complexity index is 674. The Morgan fingerprint density at radius 2 is 2.04 bits per heavy atom. The highest BCUT2D eigenvalue weighted by molar-refractivity contribution is 6.01. The summed E-state index contributed by atoms with van der Waals surface area (Å²) in [5, 5.41) is 3.13. The van der Waals surface area contributed by atoms with E-state index in [1.54, 1.807) is 7.05 Å². The zero-order valence-corrected chi connectivity index (χ0v) is 14.7. The summed E-state index contributed by atoms with van der Waals surface area (Å²) in [6.07, 6.45) is 5.08. The molecule has 1 fully saturated rings. The maximum absolute atomic E-state index is 12.3. The van der Waals surface area contributed by atoms with Gasteiger partial charge >= 0.3 is 6.03 Å². The van der Waals surface area contributed by atoms with Crippen LogP contribution < -0.4 is 5.32 Å². The number of amides is 4. The lowest BCUT2D eigenvalue weighted by Gasteiger charge is -2.20. The zero-order chi connectivity index (χ0) is 17.8. The van der Waals surface area contributed by atoms with E-state index in [-0.39, 0.29) is 30.4 Å². The topological polar surface area (TPSA) is 69.7 Å². The Kier molecular flexibility index (Phi) is 5.36. The van der Waals surface area contributed by atoms with Crippen molar-refractivity contribution >= 4 is 17.8 Å². The highest BCUT2D eigenvalue weighted by Crippen LogP contribution is 2.28. The fourth-order valence-corrected chi connectivity index (χ4v) is 3.62. The van der Waals surface area contributed by atoms with Gasteiger partial charge in [0.15, 0.2) is 0 Å². The van der Waals surface area contributed by atoms with Crippen LogP contribution in [0, 0.1) is 0 Å². The SMILES string of the molecule is CN1CC(=O)N(CCCC(=O)N[C@H]2CCCCc3ccccc32)C1=O. The standard InChI is InChI=1S/C19H25N3O3/c1-21-13-18(24)22(19(21)25)12-6-11-17(23)20-16-10-5-3-8-14-7-2-4-9-15(14)16/h2,4,7,9,16H,3,5-6,8,10-13H2,1H3,(H,20,23)/t16-/m0/s1. The summed E-state index contributed by atoms with van der Waals surface area (Å²) in [5.41, 5.74) is 2.54. The quantitative estimate of drug-likeness (QED) is 0.658. The molecule has 134 valence electrons. The largest absolute Gasteiger partial charge is 0.349 e. The first-order valence-corrected chi connectivity index (χ1v) is 8.99. The first kappa shape index (κ1) is 17.5. The van der Waals surface area contributed by atoms with Crippen molar-refractivity contribution in [1.29, 1.82) is 0 Å². The molecule has 1 aromatic carbocycles. The van der Waals surface area contributed by atoms with E-state index in [1.165, 1.54) is 20.9 Å². The van der Waals surface area contributed by atoms with Crippen LogP contribution in [0.2, 0.25) is 0 Å². The average Bonchev–Trinajstić information content (AvgIpc) is 2.76. The van der Waals surface area contributed by atoms with Crippen LogP contribution in [-0.2, 0) is 16.0 Å². The van der Waals surface area contributed by atoms with Crippen molar-refractivity contribution in [1.82, 2.24) is 15.1 Å². The second-order valence-electron chi connectivity index (χ2n) is 6.85. The number of hydrogen-bond acceptors (Lipinski definition) is 3. The lowest BCUT2D eigenvalue weighted by Crippen LogP contribution is -2.34. The second-order valence-corrected chi connectivity index (χ2v) is 6.85. The number of rotatable bonds is 5. The molecule has 2 aliphatic rings. The number of likely N-dealkylation sites (N-methyl/N-ethyl adjacent to an activating group) is 1. The lowest BCUT2D eigenvalue weighted by atomic mass is 9.99. The number of urea groups is 1. The summed E-state index contributed by atoms with van der Waals surface area (Å²) in [7, 11) is 1.61. The number of carbonyl (C=O) groups is 3. The third-order valence-corrected chi connectivity index (χ3v) is 4.97. The monoisotopic (exact) mass is 343 g/mol. The molecule has 6 heteroatoms. The predicted octanol–water partition coefficient (Wildman–Crippen LogP) is 2.24. The number of carbonyl (C=O) groups excluding carboxylic acids is 3. The summed E-state index contributed by atoms with van der Waals surface area (Å²) >= 11 is 0. The highest BCUT2D eigenvalue weighted by Gasteiger charge is 2.32. The van der Waals surface area contributed by atoms with E-state index >= 15 is 0 Å². The zero-order valence-electron chi connectivity index (χ0n) is 14.7. The minimum atomic E-state index is -0.275. The molecule has 1 aliphatic carbocycles. The minimum Gasteiger partial charge on any atom is -0.349 e. The predicted molar refractivity (Wildman–Crippen MR) is 93.9 cm³/mol. The Balaban J connectivity index is 1.51. The van der Waals surface area contributed by atoms with Crippen molar-refractivity contribution in [2.24, 2.45) is 0 Å². The van der Waals surface area contributed by atoms with Crippen molar-refractivity contribution < 1.29 is 14.4 Å². The van der Waals surface area contributed by atoms with Gasteiger partial charge in [-0.3, -0.25) is 14.5 Å². The van der Waals surface area contributed by atoms with Crippen LogP contribution >= 0.6 is 0 Å². The van der Waals surface area contributed by atoms with Gasteiger partial charge < -0.3 is 10.2 Å². The van der Waals surface area contributed by atoms with Crippen molar-refractivity contribution in [2.75, 3.05) is 20.1 Å². The molecule has 0 radical (unpaired) electrons. The van der Waals surface area contributed by atoms with Crippen molar-refractivity contribution in [2.45, 2.75) is 44.6 Å². The third-order valence-electron chi connectivity index (χ3n) is 4.97. The number of benzene rings is 1. The molecule has 6 nitrogen and oxygen atoms in total. The van der Waals surface area contributed by atoms with Crippen molar-refractivity contribution in [3.8, 4) is 0 Å². The maximum Gasteiger partial charge on any atom is 0.326 e. The van der Waals surface area contributed by atoms with Crippen molar-refractivity contribution in [3.63, 3.8) is 0 Å².